The third-order valence-electron chi connectivity index (χ3n) is 4.85. The number of carbonyl (C=O) groups excluding carboxylic acids is 1. The Morgan fingerprint density at radius 2 is 1.65 bits per heavy atom. The van der Waals surface area contributed by atoms with E-state index in [-0.39, 0.29) is 16.2 Å². The minimum Gasteiger partial charge on any atom is -0.319 e. The minimum atomic E-state index is -3.69. The number of piperidine rings is 1. The van der Waals surface area contributed by atoms with Crippen LogP contribution in [-0.4, -0.2) is 45.2 Å². The molecule has 1 N–H and O–H groups in total. The lowest BCUT2D eigenvalue weighted by Crippen LogP contribution is -2.40. The van der Waals surface area contributed by atoms with Crippen LogP contribution in [0.15, 0.2) is 59.5 Å². The van der Waals surface area contributed by atoms with Crippen LogP contribution >= 0.6 is 0 Å². The van der Waals surface area contributed by atoms with E-state index in [9.17, 15) is 13.2 Å². The third-order valence-corrected chi connectivity index (χ3v) is 6.81. The number of nitrogens with one attached hydrogen (secondary N) is 1. The molecule has 1 saturated heterocycles. The second-order valence-electron chi connectivity index (χ2n) is 6.60. The molecule has 1 aliphatic heterocycles. The quantitative estimate of drug-likeness (QED) is 0.792. The summed E-state index contributed by atoms with van der Waals surface area (Å²) >= 11 is 0. The molecule has 2 aromatic carbocycles. The largest absolute Gasteiger partial charge is 0.319 e. The summed E-state index contributed by atoms with van der Waals surface area (Å²) in [6, 6.07) is 15.3. The van der Waals surface area contributed by atoms with Gasteiger partial charge in [0.05, 0.1) is 4.90 Å². The molecule has 0 aromatic heterocycles. The molecule has 0 saturated carbocycles. The van der Waals surface area contributed by atoms with Gasteiger partial charge in [0.2, 0.25) is 10.0 Å². The van der Waals surface area contributed by atoms with Crippen LogP contribution in [0.4, 0.5) is 0 Å². The fourth-order valence-electron chi connectivity index (χ4n) is 3.41. The number of sulfonamides is 1. The number of hydrogen-bond acceptors (Lipinski definition) is 4. The lowest BCUT2D eigenvalue weighted by Gasteiger charge is -2.31. The lowest BCUT2D eigenvalue weighted by atomic mass is 9.98. The minimum absolute atomic E-state index is 0.0981. The van der Waals surface area contributed by atoms with Gasteiger partial charge in [-0.05, 0) is 44.5 Å². The predicted octanol–water partition coefficient (Wildman–Crippen LogP) is 2.54. The number of hydrogen-bond donors (Lipinski definition) is 1. The second kappa shape index (κ2) is 8.12. The fraction of sp³-hybridized carbons (Fsp3) is 0.350. The summed E-state index contributed by atoms with van der Waals surface area (Å²) in [6.45, 7) is 1.88. The Bertz CT molecular complexity index is 858. The van der Waals surface area contributed by atoms with E-state index in [4.69, 9.17) is 0 Å². The topological polar surface area (TPSA) is 66.5 Å². The van der Waals surface area contributed by atoms with Crippen molar-refractivity contribution in [2.45, 2.75) is 17.7 Å². The Kier molecular flexibility index (Phi) is 5.86. The van der Waals surface area contributed by atoms with Crippen LogP contribution in [0.5, 0.6) is 0 Å². The van der Waals surface area contributed by atoms with Gasteiger partial charge in [-0.2, -0.15) is 4.31 Å². The average Bonchev–Trinajstić information content (AvgIpc) is 2.69. The van der Waals surface area contributed by atoms with Crippen LogP contribution < -0.4 is 5.32 Å². The summed E-state index contributed by atoms with van der Waals surface area (Å²) in [5.41, 5.74) is 0.721. The van der Waals surface area contributed by atoms with E-state index in [2.05, 4.69) is 5.32 Å². The van der Waals surface area contributed by atoms with Crippen LogP contribution in [0.3, 0.4) is 0 Å². The van der Waals surface area contributed by atoms with Gasteiger partial charge in [0, 0.05) is 24.2 Å². The van der Waals surface area contributed by atoms with Crippen molar-refractivity contribution in [3.8, 4) is 0 Å². The molecule has 3 rings (SSSR count). The normalized spacial score (nSPS) is 16.5. The molecule has 26 heavy (non-hydrogen) atoms. The maximum absolute atomic E-state index is 13.2. The van der Waals surface area contributed by atoms with Gasteiger partial charge in [-0.25, -0.2) is 8.42 Å². The summed E-state index contributed by atoms with van der Waals surface area (Å²) in [5, 5.41) is 3.15. The van der Waals surface area contributed by atoms with Crippen molar-refractivity contribution < 1.29 is 13.2 Å². The van der Waals surface area contributed by atoms with Crippen LogP contribution in [0.25, 0.3) is 0 Å². The van der Waals surface area contributed by atoms with Gasteiger partial charge >= 0.3 is 0 Å². The van der Waals surface area contributed by atoms with Gasteiger partial charge in [0.15, 0.2) is 5.78 Å². The lowest BCUT2D eigenvalue weighted by molar-refractivity contribution is 0.103. The molecule has 0 bridgehead atoms. The smallest absolute Gasteiger partial charge is 0.243 e. The molecule has 0 unspecified atom stereocenters. The highest BCUT2D eigenvalue weighted by molar-refractivity contribution is 7.89. The van der Waals surface area contributed by atoms with Crippen molar-refractivity contribution >= 4 is 15.8 Å². The number of benzene rings is 2. The molecule has 1 aliphatic rings. The van der Waals surface area contributed by atoms with Crippen molar-refractivity contribution in [3.63, 3.8) is 0 Å². The summed E-state index contributed by atoms with van der Waals surface area (Å²) in [7, 11) is -1.78. The highest BCUT2D eigenvalue weighted by atomic mass is 32.2. The van der Waals surface area contributed by atoms with E-state index >= 15 is 0 Å². The molecule has 0 spiro atoms. The Morgan fingerprint density at radius 1 is 1.04 bits per heavy atom. The van der Waals surface area contributed by atoms with E-state index in [1.807, 2.05) is 13.1 Å². The molecule has 0 aliphatic carbocycles. The van der Waals surface area contributed by atoms with Gasteiger partial charge in [0.1, 0.15) is 0 Å². The average molecular weight is 372 g/mol. The fourth-order valence-corrected chi connectivity index (χ4v) is 5.06. The molecule has 2 aromatic rings. The maximum Gasteiger partial charge on any atom is 0.243 e. The maximum atomic E-state index is 13.2. The molecule has 0 atom stereocenters. The van der Waals surface area contributed by atoms with Gasteiger partial charge in [-0.3, -0.25) is 4.79 Å². The number of carbonyl (C=O) groups is 1. The Morgan fingerprint density at radius 3 is 2.31 bits per heavy atom. The van der Waals surface area contributed by atoms with Crippen molar-refractivity contribution in [1.29, 1.82) is 0 Å². The zero-order chi connectivity index (χ0) is 18.6. The summed E-state index contributed by atoms with van der Waals surface area (Å²) < 4.78 is 27.8. The summed E-state index contributed by atoms with van der Waals surface area (Å²) in [5.74, 6) is 0.225. The number of nitrogens with zero attached hydrogens (tertiary/aromatic N) is 1. The van der Waals surface area contributed by atoms with Crippen LogP contribution in [0, 0.1) is 5.92 Å². The Hall–Kier alpha value is -2.02. The van der Waals surface area contributed by atoms with Crippen molar-refractivity contribution in [3.05, 3.63) is 65.7 Å². The SMILES string of the molecule is CNCC1CCN(S(=O)(=O)c2ccccc2C(=O)c2ccccc2)CC1. The molecule has 5 nitrogen and oxygen atoms in total. The molecule has 1 fully saturated rings. The Labute approximate surface area is 155 Å². The zero-order valence-electron chi connectivity index (χ0n) is 14.9. The van der Waals surface area contributed by atoms with Gasteiger partial charge in [0.25, 0.3) is 0 Å². The highest BCUT2D eigenvalue weighted by Gasteiger charge is 2.32. The Balaban J connectivity index is 1.89. The molecule has 6 heteroatoms. The van der Waals surface area contributed by atoms with Crippen molar-refractivity contribution in [1.82, 2.24) is 9.62 Å². The second-order valence-corrected chi connectivity index (χ2v) is 8.50. The summed E-state index contributed by atoms with van der Waals surface area (Å²) in [4.78, 5) is 12.9. The molecular weight excluding hydrogens is 348 g/mol. The van der Waals surface area contributed by atoms with E-state index in [1.54, 1.807) is 42.5 Å². The van der Waals surface area contributed by atoms with Gasteiger partial charge < -0.3 is 5.32 Å². The van der Waals surface area contributed by atoms with E-state index < -0.39 is 10.0 Å². The number of ketones is 1. The monoisotopic (exact) mass is 372 g/mol. The first-order chi connectivity index (χ1) is 12.5. The third kappa shape index (κ3) is 3.87. The van der Waals surface area contributed by atoms with Crippen molar-refractivity contribution in [2.24, 2.45) is 5.92 Å². The molecular formula is C20H24N2O3S. The van der Waals surface area contributed by atoms with E-state index in [0.717, 1.165) is 19.4 Å². The van der Waals surface area contributed by atoms with Crippen molar-refractivity contribution in [2.75, 3.05) is 26.7 Å². The van der Waals surface area contributed by atoms with Crippen LogP contribution in [-0.2, 0) is 10.0 Å². The van der Waals surface area contributed by atoms with E-state index in [0.29, 0.717) is 24.6 Å². The van der Waals surface area contributed by atoms with Gasteiger partial charge in [-0.15, -0.1) is 0 Å². The van der Waals surface area contributed by atoms with E-state index in [1.165, 1.54) is 10.4 Å². The highest BCUT2D eigenvalue weighted by Crippen LogP contribution is 2.27. The molecule has 0 radical (unpaired) electrons. The van der Waals surface area contributed by atoms with Gasteiger partial charge in [-0.1, -0.05) is 42.5 Å². The first kappa shape index (κ1) is 18.8. The van der Waals surface area contributed by atoms with Crippen LogP contribution in [0.2, 0.25) is 0 Å². The first-order valence-electron chi connectivity index (χ1n) is 8.87. The standard InChI is InChI=1S/C20H24N2O3S/c1-21-15-16-11-13-22(14-12-16)26(24,25)19-10-6-5-9-18(19)20(23)17-7-3-2-4-8-17/h2-10,16,21H,11-15H2,1H3. The molecule has 138 valence electrons. The number of rotatable bonds is 6. The zero-order valence-corrected chi connectivity index (χ0v) is 15.7. The van der Waals surface area contributed by atoms with Crippen LogP contribution in [0.1, 0.15) is 28.8 Å². The first-order valence-corrected chi connectivity index (χ1v) is 10.3. The molecule has 0 amide bonds. The predicted molar refractivity (Wildman–Crippen MR) is 102 cm³/mol. The summed E-state index contributed by atoms with van der Waals surface area (Å²) in [6.07, 6.45) is 1.66. The molecule has 1 heterocycles.